The van der Waals surface area contributed by atoms with E-state index in [4.69, 9.17) is 4.98 Å². The molecule has 1 atom stereocenters. The fourth-order valence-electron chi connectivity index (χ4n) is 3.65. The van der Waals surface area contributed by atoms with E-state index in [-0.39, 0.29) is 17.9 Å². The summed E-state index contributed by atoms with van der Waals surface area (Å²) in [4.78, 5) is 33.2. The molecule has 0 radical (unpaired) electrons. The van der Waals surface area contributed by atoms with Crippen molar-refractivity contribution in [3.63, 3.8) is 0 Å². The van der Waals surface area contributed by atoms with Crippen molar-refractivity contribution in [2.45, 2.75) is 19.9 Å². The Morgan fingerprint density at radius 1 is 1.07 bits per heavy atom. The molecule has 0 spiro atoms. The van der Waals surface area contributed by atoms with Gasteiger partial charge in [0.15, 0.2) is 0 Å². The quantitative estimate of drug-likeness (QED) is 0.714. The smallest absolute Gasteiger partial charge is 0.254 e. The minimum atomic E-state index is -0.146. The van der Waals surface area contributed by atoms with Gasteiger partial charge in [0.25, 0.3) is 5.91 Å². The number of carbonyl (C=O) groups excluding carboxylic acids is 2. The van der Waals surface area contributed by atoms with Crippen LogP contribution in [0.3, 0.4) is 0 Å². The van der Waals surface area contributed by atoms with Crippen LogP contribution in [0, 0.1) is 0 Å². The van der Waals surface area contributed by atoms with Crippen LogP contribution >= 0.6 is 11.3 Å². The highest BCUT2D eigenvalue weighted by atomic mass is 32.1. The highest BCUT2D eigenvalue weighted by Crippen LogP contribution is 2.30. The van der Waals surface area contributed by atoms with Crippen molar-refractivity contribution in [1.29, 1.82) is 0 Å². The zero-order chi connectivity index (χ0) is 20.4. The monoisotopic (exact) mass is 408 g/mol. The highest BCUT2D eigenvalue weighted by Gasteiger charge is 2.27. The van der Waals surface area contributed by atoms with Crippen LogP contribution in [0.2, 0.25) is 0 Å². The summed E-state index contributed by atoms with van der Waals surface area (Å²) in [5, 5.41) is 3.85. The van der Waals surface area contributed by atoms with Gasteiger partial charge in [0.1, 0.15) is 5.01 Å². The van der Waals surface area contributed by atoms with Gasteiger partial charge in [-0.15, -0.1) is 11.3 Å². The molecule has 0 saturated carbocycles. The first-order valence-electron chi connectivity index (χ1n) is 9.78. The normalized spacial score (nSPS) is 16.0. The zero-order valence-electron chi connectivity index (χ0n) is 16.6. The highest BCUT2D eigenvalue weighted by molar-refractivity contribution is 7.18. The molecule has 3 aromatic rings. The first-order valence-corrected chi connectivity index (χ1v) is 10.6. The lowest BCUT2D eigenvalue weighted by atomic mass is 10.1. The van der Waals surface area contributed by atoms with Gasteiger partial charge < -0.3 is 10.2 Å². The summed E-state index contributed by atoms with van der Waals surface area (Å²) < 4.78 is 1.21. The molecule has 2 amide bonds. The first-order chi connectivity index (χ1) is 14.0. The maximum atomic E-state index is 12.9. The lowest BCUT2D eigenvalue weighted by molar-refractivity contribution is -0.114. The number of nitrogens with one attached hydrogen (secondary N) is 1. The van der Waals surface area contributed by atoms with Crippen LogP contribution in [0.4, 0.5) is 5.69 Å². The summed E-state index contributed by atoms with van der Waals surface area (Å²) in [6.45, 7) is 6.63. The predicted octanol–water partition coefficient (Wildman–Crippen LogP) is 3.77. The van der Waals surface area contributed by atoms with Gasteiger partial charge in [-0.1, -0.05) is 18.2 Å². The summed E-state index contributed by atoms with van der Waals surface area (Å²) in [5.74, 6) is -0.142. The van der Waals surface area contributed by atoms with Gasteiger partial charge in [0.05, 0.1) is 16.3 Å². The second-order valence-corrected chi connectivity index (χ2v) is 8.35. The topological polar surface area (TPSA) is 65.5 Å². The maximum Gasteiger partial charge on any atom is 0.254 e. The molecule has 1 fully saturated rings. The lowest BCUT2D eigenvalue weighted by Crippen LogP contribution is -2.49. The van der Waals surface area contributed by atoms with Crippen molar-refractivity contribution >= 4 is 39.1 Å². The Morgan fingerprint density at radius 3 is 2.55 bits per heavy atom. The molecule has 2 aromatic carbocycles. The molecule has 1 N–H and O–H groups in total. The molecule has 7 heteroatoms. The van der Waals surface area contributed by atoms with Gasteiger partial charge in [-0.25, -0.2) is 4.98 Å². The summed E-state index contributed by atoms with van der Waals surface area (Å²) in [7, 11) is 0. The molecule has 4 rings (SSSR count). The van der Waals surface area contributed by atoms with Crippen molar-refractivity contribution in [2.24, 2.45) is 0 Å². The average molecular weight is 409 g/mol. The number of piperazine rings is 1. The average Bonchev–Trinajstić information content (AvgIpc) is 3.17. The number of fused-ring (bicyclic) bond motifs is 1. The molecular formula is C22H24N4O2S. The summed E-state index contributed by atoms with van der Waals surface area (Å²) in [6, 6.07) is 15.6. The molecule has 0 bridgehead atoms. The van der Waals surface area contributed by atoms with Crippen molar-refractivity contribution in [3.05, 3.63) is 59.1 Å². The number of thiazole rings is 1. The summed E-state index contributed by atoms with van der Waals surface area (Å²) in [5.41, 5.74) is 2.29. The molecular weight excluding hydrogens is 384 g/mol. The fourth-order valence-corrected chi connectivity index (χ4v) is 4.71. The van der Waals surface area contributed by atoms with Crippen LogP contribution < -0.4 is 5.32 Å². The Hall–Kier alpha value is -2.77. The van der Waals surface area contributed by atoms with E-state index in [1.54, 1.807) is 35.6 Å². The van der Waals surface area contributed by atoms with E-state index < -0.39 is 0 Å². The number of hydrogen-bond donors (Lipinski definition) is 1. The Kier molecular flexibility index (Phi) is 5.60. The zero-order valence-corrected chi connectivity index (χ0v) is 17.4. The van der Waals surface area contributed by atoms with Gasteiger partial charge >= 0.3 is 0 Å². The van der Waals surface area contributed by atoms with Gasteiger partial charge in [-0.05, 0) is 37.3 Å². The number of benzene rings is 2. The third-order valence-corrected chi connectivity index (χ3v) is 6.45. The van der Waals surface area contributed by atoms with Crippen LogP contribution in [-0.2, 0) is 4.79 Å². The number of rotatable bonds is 4. The van der Waals surface area contributed by atoms with Crippen LogP contribution in [0.25, 0.3) is 10.2 Å². The van der Waals surface area contributed by atoms with Crippen LogP contribution in [0.5, 0.6) is 0 Å². The molecule has 29 heavy (non-hydrogen) atoms. The minimum Gasteiger partial charge on any atom is -0.336 e. The van der Waals surface area contributed by atoms with Crippen molar-refractivity contribution < 1.29 is 9.59 Å². The number of carbonyl (C=O) groups is 2. The minimum absolute atomic E-state index is 0.00416. The van der Waals surface area contributed by atoms with Crippen molar-refractivity contribution in [3.8, 4) is 0 Å². The van der Waals surface area contributed by atoms with E-state index in [1.807, 2.05) is 23.1 Å². The van der Waals surface area contributed by atoms with E-state index in [0.717, 1.165) is 23.6 Å². The number of para-hydroxylation sites is 1. The number of aromatic nitrogens is 1. The lowest BCUT2D eigenvalue weighted by Gasteiger charge is -2.37. The molecule has 1 aromatic heterocycles. The molecule has 150 valence electrons. The van der Waals surface area contributed by atoms with Gasteiger partial charge in [0.2, 0.25) is 5.91 Å². The number of amides is 2. The molecule has 1 unspecified atom stereocenters. The SMILES string of the molecule is CC(=O)Nc1cccc(C(=O)N2CCN(C(C)c3nc4ccccc4s3)CC2)c1. The number of hydrogen-bond acceptors (Lipinski definition) is 5. The van der Waals surface area contributed by atoms with E-state index in [0.29, 0.717) is 24.3 Å². The van der Waals surface area contributed by atoms with Gasteiger partial charge in [-0.3, -0.25) is 14.5 Å². The third kappa shape index (κ3) is 4.31. The molecule has 2 heterocycles. The molecule has 0 aliphatic carbocycles. The summed E-state index contributed by atoms with van der Waals surface area (Å²) >= 11 is 1.74. The molecule has 1 aliphatic heterocycles. The van der Waals surface area contributed by atoms with E-state index in [9.17, 15) is 9.59 Å². The van der Waals surface area contributed by atoms with Crippen LogP contribution in [-0.4, -0.2) is 52.8 Å². The fraction of sp³-hybridized carbons (Fsp3) is 0.318. The molecule has 1 aliphatic rings. The van der Waals surface area contributed by atoms with Crippen LogP contribution in [0.15, 0.2) is 48.5 Å². The second kappa shape index (κ2) is 8.31. The molecule has 1 saturated heterocycles. The Morgan fingerprint density at radius 2 is 1.83 bits per heavy atom. The predicted molar refractivity (Wildman–Crippen MR) is 116 cm³/mol. The third-order valence-electron chi connectivity index (χ3n) is 5.25. The summed E-state index contributed by atoms with van der Waals surface area (Å²) in [6.07, 6.45) is 0. The van der Waals surface area contributed by atoms with Crippen LogP contribution in [0.1, 0.15) is 35.3 Å². The largest absolute Gasteiger partial charge is 0.336 e. The van der Waals surface area contributed by atoms with Gasteiger partial charge in [-0.2, -0.15) is 0 Å². The maximum absolute atomic E-state index is 12.9. The number of nitrogens with zero attached hydrogens (tertiary/aromatic N) is 3. The molecule has 6 nitrogen and oxygen atoms in total. The Balaban J connectivity index is 1.39. The Bertz CT molecular complexity index is 1010. The van der Waals surface area contributed by atoms with Crippen molar-refractivity contribution in [1.82, 2.24) is 14.8 Å². The van der Waals surface area contributed by atoms with E-state index in [1.165, 1.54) is 11.6 Å². The van der Waals surface area contributed by atoms with E-state index in [2.05, 4.69) is 23.2 Å². The Labute approximate surface area is 174 Å². The van der Waals surface area contributed by atoms with Crippen molar-refractivity contribution in [2.75, 3.05) is 31.5 Å². The standard InChI is InChI=1S/C22H24N4O2S/c1-15(21-24-19-8-3-4-9-20(19)29-21)25-10-12-26(13-11-25)22(28)17-6-5-7-18(14-17)23-16(2)27/h3-9,14-15H,10-13H2,1-2H3,(H,23,27). The number of anilines is 1. The van der Waals surface area contributed by atoms with Gasteiger partial charge in [0, 0.05) is 44.4 Å². The van der Waals surface area contributed by atoms with E-state index >= 15 is 0 Å². The first kappa shape index (κ1) is 19.5. The second-order valence-electron chi connectivity index (χ2n) is 7.29.